The lowest BCUT2D eigenvalue weighted by atomic mass is 10.1. The first-order chi connectivity index (χ1) is 15.5. The van der Waals surface area contributed by atoms with Gasteiger partial charge in [-0.05, 0) is 44.0 Å². The molecule has 3 rings (SSSR count). The van der Waals surface area contributed by atoms with Gasteiger partial charge in [0.1, 0.15) is 10.8 Å². The molecule has 0 spiro atoms. The minimum Gasteiger partial charge on any atom is -0.462 e. The number of hydrogen-bond acceptors (Lipinski definition) is 8. The second-order valence-corrected chi connectivity index (χ2v) is 10.6. The zero-order valence-electron chi connectivity index (χ0n) is 17.9. The Balaban J connectivity index is 1.89. The Kier molecular flexibility index (Phi) is 7.70. The number of thiophene rings is 1. The van der Waals surface area contributed by atoms with Crippen molar-refractivity contribution in [3.63, 3.8) is 0 Å². The molecule has 0 aliphatic carbocycles. The number of nitrogens with one attached hydrogen (secondary N) is 1. The van der Waals surface area contributed by atoms with Gasteiger partial charge in [0.15, 0.2) is 5.69 Å². The van der Waals surface area contributed by atoms with Gasteiger partial charge in [-0.15, -0.1) is 21.9 Å². The average molecular weight is 514 g/mol. The van der Waals surface area contributed by atoms with Crippen LogP contribution in [0.3, 0.4) is 0 Å². The first kappa shape index (κ1) is 25.1. The summed E-state index contributed by atoms with van der Waals surface area (Å²) in [6.45, 7) is 5.40. The van der Waals surface area contributed by atoms with Crippen molar-refractivity contribution in [1.29, 1.82) is 0 Å². The molecule has 0 fully saturated rings. The SMILES string of the molecule is CCOC(=O)c1c(NC(=O)c2nc(S(O)(O)Cc3ccc(F)cc3)ncc2Cl)sc(C)c1C. The molecule has 12 heteroatoms. The molecule has 1 amide bonds. The molecule has 0 aliphatic heterocycles. The van der Waals surface area contributed by atoms with Gasteiger partial charge in [0.05, 0.1) is 29.1 Å². The smallest absolute Gasteiger partial charge is 0.341 e. The zero-order valence-corrected chi connectivity index (χ0v) is 20.3. The van der Waals surface area contributed by atoms with Crippen LogP contribution in [0.15, 0.2) is 35.6 Å². The highest BCUT2D eigenvalue weighted by atomic mass is 35.5. The summed E-state index contributed by atoms with van der Waals surface area (Å²) < 4.78 is 39.4. The van der Waals surface area contributed by atoms with E-state index in [9.17, 15) is 23.1 Å². The molecule has 0 radical (unpaired) electrons. The number of halogens is 2. The summed E-state index contributed by atoms with van der Waals surface area (Å²) in [6.07, 6.45) is 1.09. The predicted octanol–water partition coefficient (Wildman–Crippen LogP) is 5.69. The van der Waals surface area contributed by atoms with E-state index < -0.39 is 28.3 Å². The molecular formula is C21H21ClFN3O5S2. The Labute approximate surface area is 200 Å². The molecule has 0 saturated heterocycles. The topological polar surface area (TPSA) is 122 Å². The molecular weight excluding hydrogens is 493 g/mol. The van der Waals surface area contributed by atoms with Crippen LogP contribution in [-0.4, -0.2) is 37.6 Å². The van der Waals surface area contributed by atoms with Crippen molar-refractivity contribution in [2.75, 3.05) is 11.9 Å². The van der Waals surface area contributed by atoms with Crippen molar-refractivity contribution in [3.8, 4) is 0 Å². The zero-order chi connectivity index (χ0) is 24.3. The number of aryl methyl sites for hydroxylation is 1. The number of esters is 1. The van der Waals surface area contributed by atoms with Crippen molar-refractivity contribution >= 4 is 50.4 Å². The monoisotopic (exact) mass is 513 g/mol. The first-order valence-electron chi connectivity index (χ1n) is 9.64. The molecule has 8 nitrogen and oxygen atoms in total. The first-order valence-corrected chi connectivity index (χ1v) is 12.6. The number of amides is 1. The van der Waals surface area contributed by atoms with E-state index in [4.69, 9.17) is 16.3 Å². The van der Waals surface area contributed by atoms with E-state index in [2.05, 4.69) is 15.3 Å². The van der Waals surface area contributed by atoms with E-state index >= 15 is 0 Å². The van der Waals surface area contributed by atoms with Gasteiger partial charge in [-0.3, -0.25) is 13.9 Å². The number of carbonyl (C=O) groups excluding carboxylic acids is 2. The molecule has 3 N–H and O–H groups in total. The lowest BCUT2D eigenvalue weighted by molar-refractivity contribution is 0.0527. The fraction of sp³-hybridized carbons (Fsp3) is 0.238. The van der Waals surface area contributed by atoms with Crippen LogP contribution in [0.25, 0.3) is 0 Å². The highest BCUT2D eigenvalue weighted by Crippen LogP contribution is 2.49. The van der Waals surface area contributed by atoms with Crippen LogP contribution in [0.1, 0.15) is 43.8 Å². The van der Waals surface area contributed by atoms with Crippen LogP contribution in [0.2, 0.25) is 5.02 Å². The summed E-state index contributed by atoms with van der Waals surface area (Å²) in [7, 11) is -3.56. The fourth-order valence-corrected chi connectivity index (χ4v) is 5.34. The van der Waals surface area contributed by atoms with Crippen LogP contribution in [0.5, 0.6) is 0 Å². The van der Waals surface area contributed by atoms with Crippen LogP contribution in [0, 0.1) is 19.7 Å². The molecule has 1 aromatic carbocycles. The van der Waals surface area contributed by atoms with Gasteiger partial charge in [0.25, 0.3) is 5.91 Å². The fourth-order valence-electron chi connectivity index (χ4n) is 2.87. The molecule has 176 valence electrons. The summed E-state index contributed by atoms with van der Waals surface area (Å²) >= 11 is 7.30. The molecule has 0 atom stereocenters. The van der Waals surface area contributed by atoms with Gasteiger partial charge in [-0.2, -0.15) is 0 Å². The van der Waals surface area contributed by atoms with Crippen molar-refractivity contribution in [3.05, 3.63) is 68.6 Å². The standard InChI is InChI=1S/C21H21ClFN3O5S2/c1-4-31-20(28)16-11(2)12(3)32-19(16)26-18(27)17-15(22)9-24-21(25-17)33(29,30)10-13-5-7-14(23)8-6-13/h5-9,29-30H,4,10H2,1-3H3,(H,26,27). The van der Waals surface area contributed by atoms with Crippen molar-refractivity contribution in [2.45, 2.75) is 31.7 Å². The van der Waals surface area contributed by atoms with Crippen LogP contribution < -0.4 is 5.32 Å². The summed E-state index contributed by atoms with van der Waals surface area (Å²) in [6, 6.07) is 5.20. The van der Waals surface area contributed by atoms with Crippen molar-refractivity contribution in [1.82, 2.24) is 9.97 Å². The molecule has 0 unspecified atom stereocenters. The Hall–Kier alpha value is -2.57. The maximum Gasteiger partial charge on any atom is 0.341 e. The lowest BCUT2D eigenvalue weighted by Gasteiger charge is -2.30. The van der Waals surface area contributed by atoms with E-state index in [1.54, 1.807) is 20.8 Å². The van der Waals surface area contributed by atoms with Crippen molar-refractivity contribution < 1.29 is 27.8 Å². The number of hydrogen-bond donors (Lipinski definition) is 3. The van der Waals surface area contributed by atoms with Gasteiger partial charge in [-0.1, -0.05) is 23.7 Å². The van der Waals surface area contributed by atoms with E-state index in [1.807, 2.05) is 0 Å². The molecule has 33 heavy (non-hydrogen) atoms. The molecule has 0 saturated carbocycles. The Morgan fingerprint density at radius 3 is 2.55 bits per heavy atom. The number of aromatic nitrogens is 2. The van der Waals surface area contributed by atoms with Gasteiger partial charge in [0.2, 0.25) is 5.16 Å². The Morgan fingerprint density at radius 1 is 1.24 bits per heavy atom. The normalized spacial score (nSPS) is 11.8. The number of carbonyl (C=O) groups is 2. The minimum atomic E-state index is -3.56. The number of rotatable bonds is 7. The van der Waals surface area contributed by atoms with E-state index in [-0.39, 0.29) is 38.8 Å². The molecule has 0 bridgehead atoms. The minimum absolute atomic E-state index is 0.115. The highest BCUT2D eigenvalue weighted by Gasteiger charge is 2.26. The van der Waals surface area contributed by atoms with E-state index in [0.29, 0.717) is 11.1 Å². The number of nitrogens with zero attached hydrogens (tertiary/aromatic N) is 2. The third kappa shape index (κ3) is 5.68. The number of ether oxygens (including phenoxy) is 1. The van der Waals surface area contributed by atoms with Gasteiger partial charge in [0, 0.05) is 4.88 Å². The van der Waals surface area contributed by atoms with E-state index in [1.165, 1.54) is 35.6 Å². The van der Waals surface area contributed by atoms with Crippen LogP contribution in [-0.2, 0) is 10.5 Å². The Morgan fingerprint density at radius 2 is 1.91 bits per heavy atom. The van der Waals surface area contributed by atoms with Gasteiger partial charge < -0.3 is 10.1 Å². The second-order valence-electron chi connectivity index (χ2n) is 6.95. The van der Waals surface area contributed by atoms with Crippen LogP contribution >= 0.6 is 33.5 Å². The van der Waals surface area contributed by atoms with Crippen LogP contribution in [0.4, 0.5) is 9.39 Å². The van der Waals surface area contributed by atoms with Crippen molar-refractivity contribution in [2.24, 2.45) is 0 Å². The highest BCUT2D eigenvalue weighted by molar-refractivity contribution is 8.23. The maximum absolute atomic E-state index is 13.1. The van der Waals surface area contributed by atoms with Gasteiger partial charge >= 0.3 is 5.97 Å². The largest absolute Gasteiger partial charge is 0.462 e. The summed E-state index contributed by atoms with van der Waals surface area (Å²) in [5, 5.41) is 2.38. The molecule has 2 heterocycles. The third-order valence-electron chi connectivity index (χ3n) is 4.60. The summed E-state index contributed by atoms with van der Waals surface area (Å²) in [4.78, 5) is 34.0. The number of anilines is 1. The molecule has 0 aliphatic rings. The average Bonchev–Trinajstić information content (AvgIpc) is 3.03. The van der Waals surface area contributed by atoms with Gasteiger partial charge in [-0.25, -0.2) is 19.2 Å². The Bertz CT molecular complexity index is 1200. The number of benzene rings is 1. The maximum atomic E-state index is 13.1. The quantitative estimate of drug-likeness (QED) is 0.274. The lowest BCUT2D eigenvalue weighted by Crippen LogP contribution is -2.18. The molecule has 3 aromatic rings. The summed E-state index contributed by atoms with van der Waals surface area (Å²) in [5.41, 5.74) is 1.07. The predicted molar refractivity (Wildman–Crippen MR) is 126 cm³/mol. The summed E-state index contributed by atoms with van der Waals surface area (Å²) in [5.74, 6) is -2.06. The third-order valence-corrected chi connectivity index (χ3v) is 7.52. The molecule has 2 aromatic heterocycles. The van der Waals surface area contributed by atoms with E-state index in [0.717, 1.165) is 11.1 Å². The second kappa shape index (κ2) is 10.1.